The zero-order valence-corrected chi connectivity index (χ0v) is 14.5. The molecular formula is C17H16FN3O4S. The van der Waals surface area contributed by atoms with Gasteiger partial charge in [-0.1, -0.05) is 0 Å². The summed E-state index contributed by atoms with van der Waals surface area (Å²) < 4.78 is 14.1. The van der Waals surface area contributed by atoms with Crippen molar-refractivity contribution in [2.24, 2.45) is 0 Å². The van der Waals surface area contributed by atoms with Crippen molar-refractivity contribution >= 4 is 23.6 Å². The standard InChI is InChI=1S/C17H16FN3O4S/c18-11-1-3-12(4-2-11)21-15(22)6-5-14(19-21)17(25)20-7-8-26-10-13(20)9-16(23)24/h1-6,13H,7-10H2,(H,23,24). The minimum atomic E-state index is -0.973. The van der Waals surface area contributed by atoms with E-state index in [4.69, 9.17) is 5.11 Å². The molecule has 1 fully saturated rings. The van der Waals surface area contributed by atoms with Crippen LogP contribution in [0.3, 0.4) is 0 Å². The molecule has 1 aromatic carbocycles. The van der Waals surface area contributed by atoms with Gasteiger partial charge in [0.1, 0.15) is 11.5 Å². The number of benzene rings is 1. The van der Waals surface area contributed by atoms with Crippen LogP contribution >= 0.6 is 11.8 Å². The zero-order chi connectivity index (χ0) is 18.7. The molecule has 1 aliphatic heterocycles. The number of carboxylic acids is 1. The molecule has 0 bridgehead atoms. The predicted molar refractivity (Wildman–Crippen MR) is 94.2 cm³/mol. The molecule has 1 aliphatic rings. The van der Waals surface area contributed by atoms with Gasteiger partial charge in [0, 0.05) is 24.1 Å². The molecule has 1 amide bonds. The number of halogens is 1. The van der Waals surface area contributed by atoms with Crippen LogP contribution in [0.5, 0.6) is 0 Å². The van der Waals surface area contributed by atoms with E-state index in [9.17, 15) is 18.8 Å². The van der Waals surface area contributed by atoms with Gasteiger partial charge in [0.05, 0.1) is 18.2 Å². The Morgan fingerprint density at radius 3 is 2.65 bits per heavy atom. The van der Waals surface area contributed by atoms with Crippen molar-refractivity contribution in [1.29, 1.82) is 0 Å². The van der Waals surface area contributed by atoms with Crippen LogP contribution in [-0.2, 0) is 4.79 Å². The fourth-order valence-electron chi connectivity index (χ4n) is 2.73. The lowest BCUT2D eigenvalue weighted by atomic mass is 10.1. The number of hydrogen-bond donors (Lipinski definition) is 1. The van der Waals surface area contributed by atoms with Crippen LogP contribution in [-0.4, -0.2) is 55.8 Å². The number of rotatable bonds is 4. The Balaban J connectivity index is 1.92. The van der Waals surface area contributed by atoms with Crippen molar-refractivity contribution in [2.45, 2.75) is 12.5 Å². The summed E-state index contributed by atoms with van der Waals surface area (Å²) in [6.07, 6.45) is -0.143. The molecule has 2 aromatic rings. The summed E-state index contributed by atoms with van der Waals surface area (Å²) in [6.45, 7) is 0.415. The number of aliphatic carboxylic acids is 1. The molecule has 1 saturated heterocycles. The van der Waals surface area contributed by atoms with E-state index >= 15 is 0 Å². The molecule has 1 N–H and O–H groups in total. The van der Waals surface area contributed by atoms with Crippen LogP contribution in [0.4, 0.5) is 4.39 Å². The molecule has 0 radical (unpaired) electrons. The van der Waals surface area contributed by atoms with Crippen LogP contribution in [0.2, 0.25) is 0 Å². The second-order valence-electron chi connectivity index (χ2n) is 5.77. The molecule has 1 aromatic heterocycles. The first kappa shape index (κ1) is 18.1. The van der Waals surface area contributed by atoms with Gasteiger partial charge in [-0.2, -0.15) is 21.5 Å². The summed E-state index contributed by atoms with van der Waals surface area (Å²) in [5, 5.41) is 13.1. The van der Waals surface area contributed by atoms with Crippen LogP contribution < -0.4 is 5.56 Å². The Morgan fingerprint density at radius 2 is 1.96 bits per heavy atom. The third-order valence-corrected chi connectivity index (χ3v) is 5.08. The molecule has 0 saturated carbocycles. The van der Waals surface area contributed by atoms with E-state index in [-0.39, 0.29) is 12.1 Å². The second kappa shape index (κ2) is 7.69. The average molecular weight is 377 g/mol. The maximum Gasteiger partial charge on any atom is 0.305 e. The highest BCUT2D eigenvalue weighted by molar-refractivity contribution is 7.99. The second-order valence-corrected chi connectivity index (χ2v) is 6.92. The first-order valence-corrected chi connectivity index (χ1v) is 9.08. The largest absolute Gasteiger partial charge is 0.481 e. The van der Waals surface area contributed by atoms with Gasteiger partial charge < -0.3 is 10.0 Å². The van der Waals surface area contributed by atoms with E-state index in [0.29, 0.717) is 23.7 Å². The van der Waals surface area contributed by atoms with Gasteiger partial charge in [0.2, 0.25) is 0 Å². The average Bonchev–Trinajstić information content (AvgIpc) is 2.62. The molecule has 136 valence electrons. The fraction of sp³-hybridized carbons (Fsp3) is 0.294. The van der Waals surface area contributed by atoms with Crippen LogP contribution in [0, 0.1) is 5.82 Å². The van der Waals surface area contributed by atoms with Crippen molar-refractivity contribution in [3.8, 4) is 5.69 Å². The summed E-state index contributed by atoms with van der Waals surface area (Å²) >= 11 is 1.60. The molecule has 1 unspecified atom stereocenters. The third kappa shape index (κ3) is 3.93. The SMILES string of the molecule is O=C(O)CC1CSCCN1C(=O)c1ccc(=O)n(-c2ccc(F)cc2)n1. The Morgan fingerprint density at radius 1 is 1.23 bits per heavy atom. The Bertz CT molecular complexity index is 884. The Kier molecular flexibility index (Phi) is 5.36. The number of hydrogen-bond acceptors (Lipinski definition) is 5. The number of carboxylic acid groups (broad SMARTS) is 1. The first-order valence-electron chi connectivity index (χ1n) is 7.92. The number of thioether (sulfide) groups is 1. The van der Waals surface area contributed by atoms with Crippen molar-refractivity contribution in [3.63, 3.8) is 0 Å². The predicted octanol–water partition coefficient (Wildman–Crippen LogP) is 1.40. The van der Waals surface area contributed by atoms with Gasteiger partial charge in [0.15, 0.2) is 0 Å². The lowest BCUT2D eigenvalue weighted by Crippen LogP contribution is -2.47. The molecule has 1 atom stereocenters. The van der Waals surface area contributed by atoms with E-state index in [1.54, 1.807) is 11.8 Å². The molecular weight excluding hydrogens is 361 g/mol. The van der Waals surface area contributed by atoms with Crippen molar-refractivity contribution in [2.75, 3.05) is 18.1 Å². The lowest BCUT2D eigenvalue weighted by molar-refractivity contribution is -0.138. The maximum atomic E-state index is 13.1. The van der Waals surface area contributed by atoms with Gasteiger partial charge in [-0.3, -0.25) is 14.4 Å². The molecule has 3 rings (SSSR count). The van der Waals surface area contributed by atoms with Gasteiger partial charge in [-0.25, -0.2) is 4.39 Å². The number of nitrogens with zero attached hydrogens (tertiary/aromatic N) is 3. The highest BCUT2D eigenvalue weighted by Gasteiger charge is 2.30. The molecule has 0 aliphatic carbocycles. The molecule has 26 heavy (non-hydrogen) atoms. The lowest BCUT2D eigenvalue weighted by Gasteiger charge is -2.34. The van der Waals surface area contributed by atoms with Crippen molar-refractivity contribution in [3.05, 3.63) is 58.3 Å². The summed E-state index contributed by atoms with van der Waals surface area (Å²) in [7, 11) is 0. The minimum absolute atomic E-state index is 0.0382. The summed E-state index contributed by atoms with van der Waals surface area (Å²) in [6, 6.07) is 7.29. The Labute approximate surface area is 152 Å². The van der Waals surface area contributed by atoms with E-state index in [1.165, 1.54) is 41.3 Å². The molecule has 2 heterocycles. The summed E-state index contributed by atoms with van der Waals surface area (Å²) in [4.78, 5) is 37.4. The molecule has 7 nitrogen and oxygen atoms in total. The summed E-state index contributed by atoms with van der Waals surface area (Å²) in [5.74, 6) is -0.599. The highest BCUT2D eigenvalue weighted by atomic mass is 32.2. The number of amides is 1. The van der Waals surface area contributed by atoms with Gasteiger partial charge >= 0.3 is 5.97 Å². The fourth-order valence-corrected chi connectivity index (χ4v) is 3.79. The number of carbonyl (C=O) groups is 2. The van der Waals surface area contributed by atoms with Gasteiger partial charge in [0.25, 0.3) is 11.5 Å². The number of aromatic nitrogens is 2. The van der Waals surface area contributed by atoms with Crippen molar-refractivity contribution in [1.82, 2.24) is 14.7 Å². The minimum Gasteiger partial charge on any atom is -0.481 e. The first-order chi connectivity index (χ1) is 12.5. The number of carbonyl (C=O) groups excluding carboxylic acids is 1. The van der Waals surface area contributed by atoms with Gasteiger partial charge in [-0.15, -0.1) is 0 Å². The maximum absolute atomic E-state index is 13.1. The van der Waals surface area contributed by atoms with Crippen LogP contribution in [0.15, 0.2) is 41.2 Å². The Hall–Kier alpha value is -2.68. The highest BCUT2D eigenvalue weighted by Crippen LogP contribution is 2.21. The topological polar surface area (TPSA) is 92.5 Å². The van der Waals surface area contributed by atoms with Crippen LogP contribution in [0.25, 0.3) is 5.69 Å². The normalized spacial score (nSPS) is 17.1. The summed E-state index contributed by atoms with van der Waals surface area (Å²) in [5.41, 5.74) is -0.0806. The van der Waals surface area contributed by atoms with E-state index in [0.717, 1.165) is 4.68 Å². The van der Waals surface area contributed by atoms with E-state index in [1.807, 2.05) is 0 Å². The monoisotopic (exact) mass is 377 g/mol. The van der Waals surface area contributed by atoms with Crippen molar-refractivity contribution < 1.29 is 19.1 Å². The molecule has 0 spiro atoms. The quantitative estimate of drug-likeness (QED) is 0.866. The molecule has 9 heteroatoms. The van der Waals surface area contributed by atoms with Crippen LogP contribution in [0.1, 0.15) is 16.9 Å². The van der Waals surface area contributed by atoms with Gasteiger partial charge in [-0.05, 0) is 30.3 Å². The van der Waals surface area contributed by atoms with E-state index in [2.05, 4.69) is 5.10 Å². The third-order valence-electron chi connectivity index (χ3n) is 3.99. The smallest absolute Gasteiger partial charge is 0.305 e. The van der Waals surface area contributed by atoms with E-state index < -0.39 is 29.3 Å². The zero-order valence-electron chi connectivity index (χ0n) is 13.7.